The second-order valence-electron chi connectivity index (χ2n) is 5.37. The van der Waals surface area contributed by atoms with Crippen molar-refractivity contribution in [3.63, 3.8) is 0 Å². The molecule has 2 heterocycles. The number of nitrogens with zero attached hydrogens (tertiary/aromatic N) is 2. The molecule has 1 aliphatic rings. The summed E-state index contributed by atoms with van der Waals surface area (Å²) in [4.78, 5) is 9.06. The third-order valence-electron chi connectivity index (χ3n) is 3.73. The van der Waals surface area contributed by atoms with Crippen molar-refractivity contribution in [2.24, 2.45) is 5.92 Å². The predicted molar refractivity (Wildman–Crippen MR) is 79.8 cm³/mol. The van der Waals surface area contributed by atoms with Crippen LogP contribution in [0.15, 0.2) is 18.2 Å². The van der Waals surface area contributed by atoms with Crippen LogP contribution in [0.25, 0.3) is 11.0 Å². The first-order valence-electron chi connectivity index (χ1n) is 7.10. The zero-order valence-corrected chi connectivity index (χ0v) is 11.7. The first kappa shape index (κ1) is 13.1. The molecule has 0 aliphatic carbocycles. The lowest BCUT2D eigenvalue weighted by atomic mass is 9.99. The minimum Gasteiger partial charge on any atom is -0.476 e. The number of aryl methyl sites for hydroxylation is 1. The molecule has 1 aliphatic heterocycles. The molecule has 5 heteroatoms. The minimum absolute atomic E-state index is 0.606. The van der Waals surface area contributed by atoms with Gasteiger partial charge in [0.15, 0.2) is 0 Å². The maximum Gasteiger partial charge on any atom is 0.235 e. The maximum absolute atomic E-state index is 5.88. The topological polar surface area (TPSA) is 73.1 Å². The van der Waals surface area contributed by atoms with Crippen molar-refractivity contribution in [2.75, 3.05) is 25.4 Å². The van der Waals surface area contributed by atoms with Crippen LogP contribution < -0.4 is 15.8 Å². The largest absolute Gasteiger partial charge is 0.476 e. The average Bonchev–Trinajstić information content (AvgIpc) is 2.46. The summed E-state index contributed by atoms with van der Waals surface area (Å²) in [6.07, 6.45) is 2.32. The lowest BCUT2D eigenvalue weighted by Crippen LogP contribution is -2.30. The molecule has 0 radical (unpaired) electrons. The summed E-state index contributed by atoms with van der Waals surface area (Å²) < 4.78 is 5.88. The smallest absolute Gasteiger partial charge is 0.235 e. The number of nitrogens with two attached hydrogens (primary N) is 1. The molecular weight excluding hydrogens is 252 g/mol. The highest BCUT2D eigenvalue weighted by Gasteiger charge is 2.15. The van der Waals surface area contributed by atoms with Gasteiger partial charge in [0, 0.05) is 5.69 Å². The van der Waals surface area contributed by atoms with Crippen LogP contribution >= 0.6 is 0 Å². The molecular formula is C15H20N4O. The molecule has 0 bridgehead atoms. The Morgan fingerprint density at radius 1 is 1.25 bits per heavy atom. The van der Waals surface area contributed by atoms with Crippen molar-refractivity contribution in [1.29, 1.82) is 0 Å². The lowest BCUT2D eigenvalue weighted by molar-refractivity contribution is 0.207. The summed E-state index contributed by atoms with van der Waals surface area (Å²) in [5, 5.41) is 3.36. The predicted octanol–water partition coefficient (Wildman–Crippen LogP) is 1.90. The van der Waals surface area contributed by atoms with Crippen molar-refractivity contribution in [3.8, 4) is 5.88 Å². The summed E-state index contributed by atoms with van der Waals surface area (Å²) in [6.45, 7) is 4.80. The van der Waals surface area contributed by atoms with Gasteiger partial charge in [-0.2, -0.15) is 0 Å². The summed E-state index contributed by atoms with van der Waals surface area (Å²) in [7, 11) is 0. The molecule has 0 amide bonds. The lowest BCUT2D eigenvalue weighted by Gasteiger charge is -2.22. The van der Waals surface area contributed by atoms with E-state index in [4.69, 9.17) is 10.5 Å². The van der Waals surface area contributed by atoms with Crippen LogP contribution in [0.5, 0.6) is 5.88 Å². The first-order chi connectivity index (χ1) is 9.72. The number of nitrogens with one attached hydrogen (secondary N) is 1. The molecule has 1 saturated heterocycles. The van der Waals surface area contributed by atoms with Crippen molar-refractivity contribution in [1.82, 2.24) is 15.3 Å². The van der Waals surface area contributed by atoms with E-state index in [2.05, 4.69) is 15.3 Å². The Morgan fingerprint density at radius 2 is 2.05 bits per heavy atom. The molecule has 106 valence electrons. The summed E-state index contributed by atoms with van der Waals surface area (Å²) in [6, 6.07) is 5.56. The van der Waals surface area contributed by atoms with Crippen molar-refractivity contribution < 1.29 is 4.74 Å². The van der Waals surface area contributed by atoms with Gasteiger partial charge in [0.25, 0.3) is 0 Å². The SMILES string of the molecule is Cc1nc2ccc(N)cc2nc1OCC1CCNCC1. The molecule has 0 atom stereocenters. The van der Waals surface area contributed by atoms with E-state index in [9.17, 15) is 0 Å². The Balaban J connectivity index is 1.77. The zero-order chi connectivity index (χ0) is 13.9. The van der Waals surface area contributed by atoms with Gasteiger partial charge in [-0.05, 0) is 57.0 Å². The Hall–Kier alpha value is -1.88. The minimum atomic E-state index is 0.606. The van der Waals surface area contributed by atoms with Crippen molar-refractivity contribution in [2.45, 2.75) is 19.8 Å². The molecule has 0 saturated carbocycles. The highest BCUT2D eigenvalue weighted by atomic mass is 16.5. The second-order valence-corrected chi connectivity index (χ2v) is 5.37. The molecule has 0 spiro atoms. The van der Waals surface area contributed by atoms with E-state index in [1.165, 1.54) is 0 Å². The highest BCUT2D eigenvalue weighted by Crippen LogP contribution is 2.21. The van der Waals surface area contributed by atoms with E-state index >= 15 is 0 Å². The van der Waals surface area contributed by atoms with Crippen LogP contribution in [0.2, 0.25) is 0 Å². The average molecular weight is 272 g/mol. The standard InChI is InChI=1S/C15H20N4O/c1-10-15(20-9-11-4-6-17-7-5-11)19-14-8-12(16)2-3-13(14)18-10/h2-3,8,11,17H,4-7,9,16H2,1H3. The number of fused-ring (bicyclic) bond motifs is 1. The van der Waals surface area contributed by atoms with Crippen LogP contribution in [0, 0.1) is 12.8 Å². The molecule has 5 nitrogen and oxygen atoms in total. The third kappa shape index (κ3) is 2.82. The van der Waals surface area contributed by atoms with Crippen molar-refractivity contribution in [3.05, 3.63) is 23.9 Å². The molecule has 3 rings (SSSR count). The Labute approximate surface area is 118 Å². The first-order valence-corrected chi connectivity index (χ1v) is 7.10. The van der Waals surface area contributed by atoms with Gasteiger partial charge in [0.1, 0.15) is 5.69 Å². The van der Waals surface area contributed by atoms with E-state index in [0.717, 1.165) is 42.7 Å². The fraction of sp³-hybridized carbons (Fsp3) is 0.467. The quantitative estimate of drug-likeness (QED) is 0.835. The van der Waals surface area contributed by atoms with Crippen LogP contribution in [-0.4, -0.2) is 29.7 Å². The van der Waals surface area contributed by atoms with E-state index < -0.39 is 0 Å². The molecule has 0 unspecified atom stereocenters. The van der Waals surface area contributed by atoms with E-state index in [1.807, 2.05) is 25.1 Å². The summed E-state index contributed by atoms with van der Waals surface area (Å²) in [5.74, 6) is 1.23. The van der Waals surface area contributed by atoms with Gasteiger partial charge in [0.05, 0.1) is 17.6 Å². The molecule has 3 N–H and O–H groups in total. The molecule has 1 fully saturated rings. The number of benzene rings is 1. The zero-order valence-electron chi connectivity index (χ0n) is 11.7. The fourth-order valence-corrected chi connectivity index (χ4v) is 2.53. The van der Waals surface area contributed by atoms with Gasteiger partial charge in [-0.25, -0.2) is 9.97 Å². The van der Waals surface area contributed by atoms with Gasteiger partial charge < -0.3 is 15.8 Å². The van der Waals surface area contributed by atoms with Crippen molar-refractivity contribution >= 4 is 16.7 Å². The van der Waals surface area contributed by atoms with E-state index in [1.54, 1.807) is 0 Å². The second kappa shape index (κ2) is 5.63. The number of aromatic nitrogens is 2. The van der Waals surface area contributed by atoms with E-state index in [0.29, 0.717) is 24.1 Å². The number of nitrogen functional groups attached to an aromatic ring is 1. The fourth-order valence-electron chi connectivity index (χ4n) is 2.53. The maximum atomic E-state index is 5.88. The van der Waals surface area contributed by atoms with Gasteiger partial charge in [-0.1, -0.05) is 0 Å². The normalized spacial score (nSPS) is 16.4. The summed E-state index contributed by atoms with van der Waals surface area (Å²) >= 11 is 0. The van der Waals surface area contributed by atoms with E-state index in [-0.39, 0.29) is 0 Å². The van der Waals surface area contributed by atoms with Gasteiger partial charge in [-0.3, -0.25) is 0 Å². The van der Waals surface area contributed by atoms with Crippen LogP contribution in [-0.2, 0) is 0 Å². The molecule has 20 heavy (non-hydrogen) atoms. The van der Waals surface area contributed by atoms with Gasteiger partial charge in [-0.15, -0.1) is 0 Å². The molecule has 1 aromatic carbocycles. The Bertz CT molecular complexity index is 608. The third-order valence-corrected chi connectivity index (χ3v) is 3.73. The number of ether oxygens (including phenoxy) is 1. The number of hydrogen-bond acceptors (Lipinski definition) is 5. The number of anilines is 1. The van der Waals surface area contributed by atoms with Gasteiger partial charge in [0.2, 0.25) is 5.88 Å². The Morgan fingerprint density at radius 3 is 2.85 bits per heavy atom. The monoisotopic (exact) mass is 272 g/mol. The number of hydrogen-bond donors (Lipinski definition) is 2. The summed E-state index contributed by atoms with van der Waals surface area (Å²) in [5.41, 5.74) is 8.95. The van der Waals surface area contributed by atoms with Crippen LogP contribution in [0.3, 0.4) is 0 Å². The molecule has 2 aromatic rings. The van der Waals surface area contributed by atoms with Crippen LogP contribution in [0.4, 0.5) is 5.69 Å². The Kier molecular flexibility index (Phi) is 3.69. The highest BCUT2D eigenvalue weighted by molar-refractivity contribution is 5.78. The van der Waals surface area contributed by atoms with Crippen LogP contribution in [0.1, 0.15) is 18.5 Å². The van der Waals surface area contributed by atoms with Gasteiger partial charge >= 0.3 is 0 Å². The molecule has 1 aromatic heterocycles. The number of piperidine rings is 1. The number of rotatable bonds is 3.